The van der Waals surface area contributed by atoms with Crippen LogP contribution in [0.4, 0.5) is 0 Å². The van der Waals surface area contributed by atoms with Gasteiger partial charge in [-0.05, 0) is 30.9 Å². The van der Waals surface area contributed by atoms with Crippen LogP contribution in [0.1, 0.15) is 49.3 Å². The smallest absolute Gasteiger partial charge is 0.340 e. The number of methoxy groups -OCH3 is 1. The van der Waals surface area contributed by atoms with Gasteiger partial charge < -0.3 is 4.74 Å². The molecule has 1 aromatic heterocycles. The molecule has 0 saturated carbocycles. The summed E-state index contributed by atoms with van der Waals surface area (Å²) in [7, 11) is 2.99. The first-order chi connectivity index (χ1) is 10.8. The highest BCUT2D eigenvalue weighted by Crippen LogP contribution is 2.31. The number of hydrogen-bond donors (Lipinski definition) is 0. The highest BCUT2D eigenvalue weighted by atomic mass is 16.5. The Morgan fingerprint density at radius 3 is 2.57 bits per heavy atom. The van der Waals surface area contributed by atoms with Crippen molar-refractivity contribution in [2.75, 3.05) is 14.2 Å². The number of aromatic nitrogens is 1. The van der Waals surface area contributed by atoms with Gasteiger partial charge in [0.15, 0.2) is 5.84 Å². The molecule has 1 aliphatic heterocycles. The maximum absolute atomic E-state index is 12.6. The Morgan fingerprint density at radius 1 is 1.43 bits per heavy atom. The minimum Gasteiger partial charge on any atom is -0.465 e. The van der Waals surface area contributed by atoms with E-state index in [1.807, 2.05) is 27.7 Å². The Labute approximate surface area is 136 Å². The standard InChI is InChI=1S/C17H23N3O3/c1-7-11-8-12(15(21)23-6)13(18-9-11)14-19-17(4,10(2)3)16(22)20(14)5/h8-10H,7H2,1-6H3. The average Bonchev–Trinajstić information content (AvgIpc) is 2.79. The van der Waals surface area contributed by atoms with Crippen LogP contribution >= 0.6 is 0 Å². The first-order valence-electron chi connectivity index (χ1n) is 7.71. The minimum absolute atomic E-state index is 0.0337. The van der Waals surface area contributed by atoms with E-state index in [4.69, 9.17) is 4.74 Å². The molecule has 0 fully saturated rings. The molecule has 6 heteroatoms. The number of amidine groups is 1. The summed E-state index contributed by atoms with van der Waals surface area (Å²) in [5.41, 5.74) is 0.795. The number of pyridine rings is 1. The molecule has 1 atom stereocenters. The highest BCUT2D eigenvalue weighted by Gasteiger charge is 2.46. The zero-order valence-corrected chi connectivity index (χ0v) is 14.5. The number of carbonyl (C=O) groups excluding carboxylic acids is 2. The summed E-state index contributed by atoms with van der Waals surface area (Å²) in [6.45, 7) is 7.69. The van der Waals surface area contributed by atoms with Crippen molar-refractivity contribution in [3.8, 4) is 0 Å². The summed E-state index contributed by atoms with van der Waals surface area (Å²) in [5.74, 6) is -0.134. The molecule has 0 spiro atoms. The molecule has 1 amide bonds. The summed E-state index contributed by atoms with van der Waals surface area (Å²) in [6, 6.07) is 1.75. The quantitative estimate of drug-likeness (QED) is 0.797. The lowest BCUT2D eigenvalue weighted by atomic mass is 9.89. The van der Waals surface area contributed by atoms with Gasteiger partial charge in [0.2, 0.25) is 0 Å². The first-order valence-corrected chi connectivity index (χ1v) is 7.71. The number of rotatable bonds is 4. The van der Waals surface area contributed by atoms with Crippen molar-refractivity contribution in [3.63, 3.8) is 0 Å². The normalized spacial score (nSPS) is 20.9. The van der Waals surface area contributed by atoms with Gasteiger partial charge in [-0.3, -0.25) is 14.7 Å². The zero-order valence-electron chi connectivity index (χ0n) is 14.5. The van der Waals surface area contributed by atoms with E-state index in [9.17, 15) is 9.59 Å². The predicted molar refractivity (Wildman–Crippen MR) is 87.5 cm³/mol. The predicted octanol–water partition coefficient (Wildman–Crippen LogP) is 2.06. The fourth-order valence-electron chi connectivity index (χ4n) is 2.51. The van der Waals surface area contributed by atoms with Crippen LogP contribution < -0.4 is 0 Å². The summed E-state index contributed by atoms with van der Waals surface area (Å²) in [6.07, 6.45) is 2.45. The number of ether oxygens (including phenoxy) is 1. The van der Waals surface area contributed by atoms with Gasteiger partial charge in [0, 0.05) is 13.2 Å². The maximum Gasteiger partial charge on any atom is 0.340 e. The van der Waals surface area contributed by atoms with E-state index < -0.39 is 11.5 Å². The van der Waals surface area contributed by atoms with Gasteiger partial charge >= 0.3 is 5.97 Å². The van der Waals surface area contributed by atoms with Gasteiger partial charge in [-0.2, -0.15) is 0 Å². The number of esters is 1. The summed E-state index contributed by atoms with van der Waals surface area (Å²) < 4.78 is 4.86. The number of nitrogens with zero attached hydrogens (tertiary/aromatic N) is 3. The Morgan fingerprint density at radius 2 is 2.09 bits per heavy atom. The number of aryl methyl sites for hydroxylation is 1. The molecule has 0 aromatic carbocycles. The van der Waals surface area contributed by atoms with Gasteiger partial charge in [0.05, 0.1) is 12.7 Å². The molecule has 1 aromatic rings. The van der Waals surface area contributed by atoms with Crippen LogP contribution in [0.3, 0.4) is 0 Å². The minimum atomic E-state index is -0.845. The van der Waals surface area contributed by atoms with Crippen LogP contribution in [0.15, 0.2) is 17.3 Å². The molecule has 2 heterocycles. The van der Waals surface area contributed by atoms with E-state index in [2.05, 4.69) is 9.98 Å². The Balaban J connectivity index is 2.62. The van der Waals surface area contributed by atoms with Gasteiger partial charge in [0.1, 0.15) is 11.2 Å². The van der Waals surface area contributed by atoms with Gasteiger partial charge in [-0.25, -0.2) is 9.79 Å². The van der Waals surface area contributed by atoms with Crippen LogP contribution in [0.2, 0.25) is 0 Å². The average molecular weight is 317 g/mol. The summed E-state index contributed by atoms with van der Waals surface area (Å²) >= 11 is 0. The molecular formula is C17H23N3O3. The zero-order chi connectivity index (χ0) is 17.4. The third kappa shape index (κ3) is 2.73. The van der Waals surface area contributed by atoms with E-state index in [1.54, 1.807) is 19.3 Å². The van der Waals surface area contributed by atoms with Crippen molar-refractivity contribution in [2.24, 2.45) is 10.9 Å². The fraction of sp³-hybridized carbons (Fsp3) is 0.529. The first kappa shape index (κ1) is 17.1. The van der Waals surface area contributed by atoms with Crippen LogP contribution in [-0.4, -0.2) is 47.3 Å². The molecule has 2 rings (SSSR count). The Hall–Kier alpha value is -2.24. The van der Waals surface area contributed by atoms with Crippen molar-refractivity contribution in [1.29, 1.82) is 0 Å². The summed E-state index contributed by atoms with van der Waals surface area (Å²) in [5, 5.41) is 0. The van der Waals surface area contributed by atoms with Crippen molar-refractivity contribution >= 4 is 17.7 Å². The Kier molecular flexibility index (Phi) is 4.54. The molecule has 1 aliphatic rings. The van der Waals surface area contributed by atoms with Crippen LogP contribution in [0, 0.1) is 5.92 Å². The van der Waals surface area contributed by atoms with Gasteiger partial charge in [0.25, 0.3) is 5.91 Å². The van der Waals surface area contributed by atoms with Gasteiger partial charge in [-0.15, -0.1) is 0 Å². The van der Waals surface area contributed by atoms with E-state index in [0.717, 1.165) is 12.0 Å². The highest BCUT2D eigenvalue weighted by molar-refractivity contribution is 6.17. The molecule has 0 aliphatic carbocycles. The Bertz CT molecular complexity index is 682. The van der Waals surface area contributed by atoms with Crippen LogP contribution in [-0.2, 0) is 16.0 Å². The lowest BCUT2D eigenvalue weighted by Gasteiger charge is -2.23. The molecular weight excluding hydrogens is 294 g/mol. The van der Waals surface area contributed by atoms with E-state index in [0.29, 0.717) is 17.1 Å². The van der Waals surface area contributed by atoms with Crippen molar-refractivity contribution in [3.05, 3.63) is 29.1 Å². The molecule has 23 heavy (non-hydrogen) atoms. The number of amides is 1. The maximum atomic E-state index is 12.6. The molecule has 124 valence electrons. The lowest BCUT2D eigenvalue weighted by molar-refractivity contribution is -0.131. The van der Waals surface area contributed by atoms with Crippen LogP contribution in [0.5, 0.6) is 0 Å². The number of aliphatic imine (C=N–C) groups is 1. The largest absolute Gasteiger partial charge is 0.465 e. The van der Waals surface area contributed by atoms with Crippen molar-refractivity contribution in [2.45, 2.75) is 39.7 Å². The third-order valence-electron chi connectivity index (χ3n) is 4.49. The number of carbonyl (C=O) groups is 2. The summed E-state index contributed by atoms with van der Waals surface area (Å²) in [4.78, 5) is 35.2. The second-order valence-electron chi connectivity index (χ2n) is 6.19. The molecule has 6 nitrogen and oxygen atoms in total. The molecule has 0 radical (unpaired) electrons. The topological polar surface area (TPSA) is 71.9 Å². The van der Waals surface area contributed by atoms with Crippen molar-refractivity contribution < 1.29 is 14.3 Å². The number of hydrogen-bond acceptors (Lipinski definition) is 5. The van der Waals surface area contributed by atoms with E-state index in [-0.39, 0.29) is 11.8 Å². The SMILES string of the molecule is CCc1cnc(C2=NC(C)(C(C)C)C(=O)N2C)c(C(=O)OC)c1. The van der Waals surface area contributed by atoms with Crippen molar-refractivity contribution in [1.82, 2.24) is 9.88 Å². The molecule has 0 bridgehead atoms. The molecule has 1 unspecified atom stereocenters. The van der Waals surface area contributed by atoms with E-state index in [1.165, 1.54) is 12.0 Å². The third-order valence-corrected chi connectivity index (χ3v) is 4.49. The molecule has 0 saturated heterocycles. The van der Waals surface area contributed by atoms with Crippen LogP contribution in [0.25, 0.3) is 0 Å². The molecule has 0 N–H and O–H groups in total. The monoisotopic (exact) mass is 317 g/mol. The lowest BCUT2D eigenvalue weighted by Crippen LogP contribution is -2.42. The second-order valence-corrected chi connectivity index (χ2v) is 6.19. The second kappa shape index (κ2) is 6.10. The van der Waals surface area contributed by atoms with Gasteiger partial charge in [-0.1, -0.05) is 20.8 Å². The fourth-order valence-corrected chi connectivity index (χ4v) is 2.51. The number of likely N-dealkylation sites (N-methyl/N-ethyl adjacent to an activating group) is 1. The van der Waals surface area contributed by atoms with E-state index >= 15 is 0 Å².